The summed E-state index contributed by atoms with van der Waals surface area (Å²) in [5.41, 5.74) is 8.33. The number of carbonyl (C=O) groups excluding carboxylic acids is 1. The third kappa shape index (κ3) is 3.52. The maximum atomic E-state index is 12.6. The Hall–Kier alpha value is -2.08. The number of fused-ring (bicyclic) bond motifs is 1. The van der Waals surface area contributed by atoms with Crippen molar-refractivity contribution in [2.45, 2.75) is 39.5 Å². The van der Waals surface area contributed by atoms with Gasteiger partial charge in [0.25, 0.3) is 5.91 Å². The molecule has 0 radical (unpaired) electrons. The molecule has 114 valence electrons. The largest absolute Gasteiger partial charge is 0.409 e. The summed E-state index contributed by atoms with van der Waals surface area (Å²) < 4.78 is 5.37. The Morgan fingerprint density at radius 2 is 2.14 bits per heavy atom. The van der Waals surface area contributed by atoms with Gasteiger partial charge in [-0.1, -0.05) is 11.2 Å². The van der Waals surface area contributed by atoms with Gasteiger partial charge in [-0.15, -0.1) is 0 Å². The fourth-order valence-electron chi connectivity index (χ4n) is 2.35. The summed E-state index contributed by atoms with van der Waals surface area (Å²) in [5.74, 6) is 0.0706. The number of hydrogen-bond acceptors (Lipinski definition) is 4. The summed E-state index contributed by atoms with van der Waals surface area (Å²) in [6.45, 7) is 5.48. The van der Waals surface area contributed by atoms with Crippen LogP contribution in [0, 0.1) is 0 Å². The van der Waals surface area contributed by atoms with E-state index in [9.17, 15) is 4.79 Å². The molecule has 0 aromatic heterocycles. The smallest absolute Gasteiger partial charge is 0.254 e. The van der Waals surface area contributed by atoms with Gasteiger partial charge >= 0.3 is 0 Å². The lowest BCUT2D eigenvalue weighted by molar-refractivity contribution is 0.0711. The molecule has 0 aliphatic carbocycles. The van der Waals surface area contributed by atoms with Crippen molar-refractivity contribution in [3.8, 4) is 0 Å². The fraction of sp³-hybridized carbons (Fsp3) is 0.467. The first-order valence-corrected chi connectivity index (χ1v) is 7.00. The minimum Gasteiger partial charge on any atom is -0.409 e. The van der Waals surface area contributed by atoms with Crippen molar-refractivity contribution in [2.75, 3.05) is 6.54 Å². The first-order chi connectivity index (χ1) is 10.0. The van der Waals surface area contributed by atoms with E-state index in [-0.39, 0.29) is 17.8 Å². The van der Waals surface area contributed by atoms with Gasteiger partial charge < -0.3 is 20.6 Å². The lowest BCUT2D eigenvalue weighted by atomic mass is 10.0. The molecule has 2 rings (SSSR count). The van der Waals surface area contributed by atoms with Crippen LogP contribution in [-0.2, 0) is 18.0 Å². The zero-order valence-corrected chi connectivity index (χ0v) is 12.4. The lowest BCUT2D eigenvalue weighted by Crippen LogP contribution is -2.39. The summed E-state index contributed by atoms with van der Waals surface area (Å²) in [6.07, 6.45) is 0.342. The first-order valence-electron chi connectivity index (χ1n) is 7.00. The average Bonchev–Trinajstić information content (AvgIpc) is 2.93. The highest BCUT2D eigenvalue weighted by Crippen LogP contribution is 2.22. The summed E-state index contributed by atoms with van der Waals surface area (Å²) >= 11 is 0. The number of nitrogens with zero attached hydrogens (tertiary/aromatic N) is 2. The molecule has 1 heterocycles. The average molecular weight is 291 g/mol. The lowest BCUT2D eigenvalue weighted by Gasteiger charge is -2.27. The summed E-state index contributed by atoms with van der Waals surface area (Å²) in [4.78, 5) is 14.3. The number of oxime groups is 1. The van der Waals surface area contributed by atoms with E-state index in [1.54, 1.807) is 4.90 Å². The molecule has 1 amide bonds. The van der Waals surface area contributed by atoms with Crippen molar-refractivity contribution >= 4 is 11.7 Å². The van der Waals surface area contributed by atoms with E-state index in [0.717, 1.165) is 11.1 Å². The van der Waals surface area contributed by atoms with Crippen molar-refractivity contribution in [3.05, 3.63) is 34.9 Å². The van der Waals surface area contributed by atoms with E-state index in [0.29, 0.717) is 31.7 Å². The minimum absolute atomic E-state index is 0.0356. The van der Waals surface area contributed by atoms with Gasteiger partial charge in [-0.25, -0.2) is 0 Å². The van der Waals surface area contributed by atoms with Gasteiger partial charge in [-0.05, 0) is 37.1 Å². The van der Waals surface area contributed by atoms with E-state index < -0.39 is 0 Å². The minimum atomic E-state index is -0.0505. The van der Waals surface area contributed by atoms with Crippen LogP contribution in [0.1, 0.15) is 41.8 Å². The molecule has 1 aromatic rings. The Balaban J connectivity index is 2.14. The molecular weight excluding hydrogens is 270 g/mol. The van der Waals surface area contributed by atoms with Crippen LogP contribution in [0.4, 0.5) is 0 Å². The second-order valence-electron chi connectivity index (χ2n) is 5.41. The SMILES string of the molecule is CC(C)N(CCC(N)=NO)C(=O)c1ccc2c(c1)COC2. The highest BCUT2D eigenvalue weighted by atomic mass is 16.5. The molecular formula is C15H21N3O3. The Bertz CT molecular complexity index is 555. The monoisotopic (exact) mass is 291 g/mol. The van der Waals surface area contributed by atoms with E-state index in [1.165, 1.54) is 0 Å². The van der Waals surface area contributed by atoms with Gasteiger partial charge in [0.15, 0.2) is 0 Å². The molecule has 0 saturated heterocycles. The van der Waals surface area contributed by atoms with E-state index in [4.69, 9.17) is 15.7 Å². The molecule has 1 aliphatic heterocycles. The maximum Gasteiger partial charge on any atom is 0.254 e. The van der Waals surface area contributed by atoms with Gasteiger partial charge in [-0.2, -0.15) is 0 Å². The van der Waals surface area contributed by atoms with Crippen LogP contribution in [-0.4, -0.2) is 34.4 Å². The molecule has 0 atom stereocenters. The van der Waals surface area contributed by atoms with Crippen LogP contribution in [0.3, 0.4) is 0 Å². The second kappa shape index (κ2) is 6.58. The quantitative estimate of drug-likeness (QED) is 0.374. The van der Waals surface area contributed by atoms with Gasteiger partial charge in [0.05, 0.1) is 13.2 Å². The zero-order valence-electron chi connectivity index (χ0n) is 12.4. The van der Waals surface area contributed by atoms with E-state index in [1.807, 2.05) is 32.0 Å². The molecule has 3 N–H and O–H groups in total. The number of amidine groups is 1. The molecule has 0 spiro atoms. The van der Waals surface area contributed by atoms with Crippen molar-refractivity contribution in [1.82, 2.24) is 4.90 Å². The van der Waals surface area contributed by atoms with E-state index in [2.05, 4.69) is 5.16 Å². The topological polar surface area (TPSA) is 88.1 Å². The molecule has 6 heteroatoms. The van der Waals surface area contributed by atoms with Crippen molar-refractivity contribution in [3.63, 3.8) is 0 Å². The molecule has 0 saturated carbocycles. The number of hydrogen-bond donors (Lipinski definition) is 2. The van der Waals surface area contributed by atoms with E-state index >= 15 is 0 Å². The number of carbonyl (C=O) groups is 1. The highest BCUT2D eigenvalue weighted by Gasteiger charge is 2.21. The van der Waals surface area contributed by atoms with Crippen LogP contribution in [0.5, 0.6) is 0 Å². The number of nitrogens with two attached hydrogens (primary N) is 1. The molecule has 6 nitrogen and oxygen atoms in total. The Kier molecular flexibility index (Phi) is 4.80. The van der Waals surface area contributed by atoms with Crippen molar-refractivity contribution in [1.29, 1.82) is 0 Å². The Labute approximate surface area is 124 Å². The normalized spacial score (nSPS) is 14.3. The molecule has 1 aromatic carbocycles. The molecule has 0 unspecified atom stereocenters. The number of rotatable bonds is 5. The van der Waals surface area contributed by atoms with Crippen LogP contribution >= 0.6 is 0 Å². The standard InChI is InChI=1S/C15H21N3O3/c1-10(2)18(6-5-14(16)17-20)15(19)11-3-4-12-8-21-9-13(12)7-11/h3-4,7,10,20H,5-6,8-9H2,1-2H3,(H2,16,17). The third-order valence-corrected chi connectivity index (χ3v) is 3.59. The van der Waals surface area contributed by atoms with Gasteiger partial charge in [0.2, 0.25) is 0 Å². The first kappa shape index (κ1) is 15.3. The van der Waals surface area contributed by atoms with Crippen LogP contribution in [0.2, 0.25) is 0 Å². The third-order valence-electron chi connectivity index (χ3n) is 3.59. The Morgan fingerprint density at radius 1 is 1.43 bits per heavy atom. The predicted octanol–water partition coefficient (Wildman–Crippen LogP) is 1.70. The van der Waals surface area contributed by atoms with Crippen molar-refractivity contribution in [2.24, 2.45) is 10.9 Å². The number of benzene rings is 1. The molecule has 0 fully saturated rings. The van der Waals surface area contributed by atoms with Crippen LogP contribution < -0.4 is 5.73 Å². The van der Waals surface area contributed by atoms with Crippen LogP contribution in [0.25, 0.3) is 0 Å². The number of ether oxygens (including phenoxy) is 1. The second-order valence-corrected chi connectivity index (χ2v) is 5.41. The van der Waals surface area contributed by atoms with Crippen molar-refractivity contribution < 1.29 is 14.7 Å². The summed E-state index contributed by atoms with van der Waals surface area (Å²) in [6, 6.07) is 5.70. The highest BCUT2D eigenvalue weighted by molar-refractivity contribution is 5.95. The summed E-state index contributed by atoms with van der Waals surface area (Å²) in [7, 11) is 0. The molecule has 21 heavy (non-hydrogen) atoms. The molecule has 0 bridgehead atoms. The number of amides is 1. The maximum absolute atomic E-state index is 12.6. The molecule has 1 aliphatic rings. The summed E-state index contributed by atoms with van der Waals surface area (Å²) in [5, 5.41) is 11.5. The zero-order chi connectivity index (χ0) is 15.4. The predicted molar refractivity (Wildman–Crippen MR) is 79.1 cm³/mol. The van der Waals surface area contributed by atoms with Gasteiger partial charge in [0.1, 0.15) is 5.84 Å². The van der Waals surface area contributed by atoms with Gasteiger partial charge in [0, 0.05) is 24.6 Å². The van der Waals surface area contributed by atoms with Crippen LogP contribution in [0.15, 0.2) is 23.4 Å². The fourth-order valence-corrected chi connectivity index (χ4v) is 2.35. The Morgan fingerprint density at radius 3 is 2.81 bits per heavy atom. The van der Waals surface area contributed by atoms with Gasteiger partial charge in [-0.3, -0.25) is 4.79 Å².